The standard InChI is InChI=1S/C2H2O4.Ca.H3N.2H/c3-1(4)2(5)6;;;;/h(H,3,4)(H,5,6);;1H3;;. The molecule has 0 saturated carbocycles. The van der Waals surface area contributed by atoms with Crippen molar-refractivity contribution in [2.75, 3.05) is 0 Å². The van der Waals surface area contributed by atoms with E-state index in [-0.39, 0.29) is 43.9 Å². The molecule has 0 saturated heterocycles. The molecule has 0 aliphatic heterocycles. The molecule has 8 heavy (non-hydrogen) atoms. The molecule has 0 rings (SSSR count). The quantitative estimate of drug-likeness (QED) is 0.284. The average molecular weight is 149 g/mol. The topological polar surface area (TPSA) is 110 Å². The summed E-state index contributed by atoms with van der Waals surface area (Å²) >= 11 is 0. The number of rotatable bonds is 0. The molecule has 5 N–H and O–H groups in total. The predicted molar refractivity (Wildman–Crippen MR) is 28.8 cm³/mol. The van der Waals surface area contributed by atoms with Crippen molar-refractivity contribution in [1.29, 1.82) is 0 Å². The van der Waals surface area contributed by atoms with E-state index in [4.69, 9.17) is 19.8 Å². The van der Waals surface area contributed by atoms with E-state index < -0.39 is 11.9 Å². The van der Waals surface area contributed by atoms with Gasteiger partial charge in [0.2, 0.25) is 0 Å². The fourth-order valence-corrected chi connectivity index (χ4v) is 0. The molecule has 0 aliphatic carbocycles. The Labute approximate surface area is 75.3 Å². The summed E-state index contributed by atoms with van der Waals surface area (Å²) in [6.07, 6.45) is 0. The van der Waals surface area contributed by atoms with Gasteiger partial charge in [0.05, 0.1) is 0 Å². The van der Waals surface area contributed by atoms with Gasteiger partial charge in [-0.05, 0) is 0 Å². The SMILES string of the molecule is N.O=C(O)C(=O)O.[CaH2]. The molecule has 0 atom stereocenters. The zero-order valence-electron chi connectivity index (χ0n) is 3.42. The Hall–Kier alpha value is 0.160. The van der Waals surface area contributed by atoms with Gasteiger partial charge in [-0.2, -0.15) is 0 Å². The first-order chi connectivity index (χ1) is 2.64. The summed E-state index contributed by atoms with van der Waals surface area (Å²) in [6.45, 7) is 0. The fraction of sp³-hybridized carbons (Fsp3) is 0. The van der Waals surface area contributed by atoms with E-state index in [0.29, 0.717) is 0 Å². The maximum absolute atomic E-state index is 9.10. The Balaban J connectivity index is -0.000000125. The van der Waals surface area contributed by atoms with E-state index in [1.165, 1.54) is 0 Å². The van der Waals surface area contributed by atoms with E-state index in [9.17, 15) is 0 Å². The van der Waals surface area contributed by atoms with Crippen LogP contribution in [0.2, 0.25) is 0 Å². The Morgan fingerprint density at radius 2 is 1.12 bits per heavy atom. The van der Waals surface area contributed by atoms with Crippen molar-refractivity contribution in [2.45, 2.75) is 0 Å². The van der Waals surface area contributed by atoms with Crippen LogP contribution in [0.3, 0.4) is 0 Å². The molecule has 0 spiro atoms. The van der Waals surface area contributed by atoms with Gasteiger partial charge in [0, 0.05) is 0 Å². The summed E-state index contributed by atoms with van der Waals surface area (Å²) in [5, 5.41) is 14.8. The van der Waals surface area contributed by atoms with E-state index in [0.717, 1.165) is 0 Å². The second-order valence-electron chi connectivity index (χ2n) is 0.610. The number of hydrogen-bond acceptors (Lipinski definition) is 3. The number of carbonyl (C=O) groups is 2. The molecule has 0 aromatic carbocycles. The zero-order chi connectivity index (χ0) is 5.15. The molecular formula is C2H7CaNO4. The predicted octanol–water partition coefficient (Wildman–Crippen LogP) is -1.60. The van der Waals surface area contributed by atoms with Gasteiger partial charge in [0.25, 0.3) is 0 Å². The molecule has 0 heterocycles. The van der Waals surface area contributed by atoms with Gasteiger partial charge < -0.3 is 16.4 Å². The maximum atomic E-state index is 9.10. The minimum atomic E-state index is -1.82. The van der Waals surface area contributed by atoms with Crippen LogP contribution in [0.25, 0.3) is 0 Å². The molecule has 0 aliphatic rings. The number of aliphatic carboxylic acids is 2. The Bertz CT molecular complexity index is 80.0. The van der Waals surface area contributed by atoms with Crippen LogP contribution in [0.4, 0.5) is 0 Å². The summed E-state index contributed by atoms with van der Waals surface area (Å²) < 4.78 is 0. The zero-order valence-corrected chi connectivity index (χ0v) is 3.42. The van der Waals surface area contributed by atoms with Gasteiger partial charge in [0.15, 0.2) is 0 Å². The van der Waals surface area contributed by atoms with E-state index >= 15 is 0 Å². The molecule has 0 fully saturated rings. The van der Waals surface area contributed by atoms with Crippen molar-refractivity contribution in [3.63, 3.8) is 0 Å². The first-order valence-electron chi connectivity index (χ1n) is 1.11. The summed E-state index contributed by atoms with van der Waals surface area (Å²) in [5.74, 6) is -3.65. The minimum absolute atomic E-state index is 0. The molecule has 0 radical (unpaired) electrons. The number of hydrogen-bond donors (Lipinski definition) is 3. The van der Waals surface area contributed by atoms with Gasteiger partial charge >= 0.3 is 49.7 Å². The molecule has 0 aromatic rings. The third-order valence-electron chi connectivity index (χ3n) is 0.183. The fourth-order valence-electron chi connectivity index (χ4n) is 0. The van der Waals surface area contributed by atoms with Crippen LogP contribution < -0.4 is 6.15 Å². The van der Waals surface area contributed by atoms with Crippen LogP contribution in [-0.4, -0.2) is 59.9 Å². The second-order valence-corrected chi connectivity index (χ2v) is 0.610. The molecule has 46 valence electrons. The summed E-state index contributed by atoms with van der Waals surface area (Å²) in [4.78, 5) is 18.2. The van der Waals surface area contributed by atoms with E-state index in [2.05, 4.69) is 0 Å². The Kier molecular flexibility index (Phi) is 14.1. The molecule has 5 nitrogen and oxygen atoms in total. The van der Waals surface area contributed by atoms with Crippen LogP contribution >= 0.6 is 0 Å². The normalized spacial score (nSPS) is 5.50. The number of carboxylic acid groups (broad SMARTS) is 2. The van der Waals surface area contributed by atoms with Crippen LogP contribution in [0.15, 0.2) is 0 Å². The van der Waals surface area contributed by atoms with Gasteiger partial charge in [-0.15, -0.1) is 0 Å². The molecule has 6 heteroatoms. The molecular weight excluding hydrogens is 142 g/mol. The van der Waals surface area contributed by atoms with Crippen molar-refractivity contribution < 1.29 is 19.8 Å². The van der Waals surface area contributed by atoms with Crippen molar-refractivity contribution >= 4 is 49.7 Å². The molecule has 0 unspecified atom stereocenters. The van der Waals surface area contributed by atoms with Gasteiger partial charge in [-0.1, -0.05) is 0 Å². The molecule has 0 bridgehead atoms. The first-order valence-corrected chi connectivity index (χ1v) is 1.11. The van der Waals surface area contributed by atoms with Crippen LogP contribution in [0.1, 0.15) is 0 Å². The summed E-state index contributed by atoms with van der Waals surface area (Å²) in [7, 11) is 0. The van der Waals surface area contributed by atoms with Crippen molar-refractivity contribution in [1.82, 2.24) is 6.15 Å². The Morgan fingerprint density at radius 1 is 1.00 bits per heavy atom. The Morgan fingerprint density at radius 3 is 1.12 bits per heavy atom. The monoisotopic (exact) mass is 149 g/mol. The summed E-state index contributed by atoms with van der Waals surface area (Å²) in [6, 6.07) is 0. The van der Waals surface area contributed by atoms with Crippen molar-refractivity contribution in [3.05, 3.63) is 0 Å². The van der Waals surface area contributed by atoms with Crippen molar-refractivity contribution in [2.24, 2.45) is 0 Å². The van der Waals surface area contributed by atoms with Gasteiger partial charge in [0.1, 0.15) is 0 Å². The van der Waals surface area contributed by atoms with E-state index in [1.807, 2.05) is 0 Å². The second kappa shape index (κ2) is 7.16. The van der Waals surface area contributed by atoms with Crippen LogP contribution in [-0.2, 0) is 9.59 Å². The third kappa shape index (κ3) is 9.48. The molecule has 0 amide bonds. The van der Waals surface area contributed by atoms with Crippen molar-refractivity contribution in [3.8, 4) is 0 Å². The summed E-state index contributed by atoms with van der Waals surface area (Å²) in [5.41, 5.74) is 0. The average Bonchev–Trinajstić information content (AvgIpc) is 1.36. The van der Waals surface area contributed by atoms with Crippen LogP contribution in [0.5, 0.6) is 0 Å². The first kappa shape index (κ1) is 15.7. The van der Waals surface area contributed by atoms with Crippen LogP contribution in [0, 0.1) is 0 Å². The van der Waals surface area contributed by atoms with Gasteiger partial charge in [-0.3, -0.25) is 0 Å². The van der Waals surface area contributed by atoms with E-state index in [1.54, 1.807) is 0 Å². The number of carboxylic acids is 2. The van der Waals surface area contributed by atoms with Gasteiger partial charge in [-0.25, -0.2) is 9.59 Å². The molecule has 0 aromatic heterocycles. The third-order valence-corrected chi connectivity index (χ3v) is 0.183.